The fraction of sp³-hybridized carbons (Fsp3) is 0.875. The van der Waals surface area contributed by atoms with E-state index in [1.165, 1.54) is 0 Å². The monoisotopic (exact) mass is 299 g/mol. The zero-order valence-corrected chi connectivity index (χ0v) is 13.6. The number of hydrogen-bond acceptors (Lipinski definition) is 3. The molecule has 0 spiro atoms. The molecule has 0 aromatic rings. The van der Waals surface area contributed by atoms with Gasteiger partial charge in [-0.05, 0) is 65.2 Å². The Hall–Kier alpha value is -1.26. The second-order valence-electron chi connectivity index (χ2n) is 7.18. The van der Waals surface area contributed by atoms with Crippen molar-refractivity contribution in [2.24, 2.45) is 11.8 Å². The highest BCUT2D eigenvalue weighted by molar-refractivity contribution is 5.69. The minimum atomic E-state index is -0.713. The van der Waals surface area contributed by atoms with Crippen LogP contribution in [0.5, 0.6) is 0 Å². The summed E-state index contributed by atoms with van der Waals surface area (Å²) in [6.45, 7) is 7.32. The van der Waals surface area contributed by atoms with Crippen molar-refractivity contribution >= 4 is 12.1 Å². The van der Waals surface area contributed by atoms with Crippen LogP contribution in [-0.4, -0.2) is 28.8 Å². The Morgan fingerprint density at radius 1 is 1.24 bits per heavy atom. The molecule has 1 saturated carbocycles. The topological polar surface area (TPSA) is 75.6 Å². The molecule has 0 aromatic carbocycles. The molecule has 1 fully saturated rings. The van der Waals surface area contributed by atoms with Gasteiger partial charge in [0.1, 0.15) is 5.60 Å². The third kappa shape index (κ3) is 7.34. The van der Waals surface area contributed by atoms with E-state index in [2.05, 4.69) is 5.32 Å². The summed E-state index contributed by atoms with van der Waals surface area (Å²) in [6.07, 6.45) is 5.36. The van der Waals surface area contributed by atoms with E-state index in [0.29, 0.717) is 5.92 Å². The average molecular weight is 299 g/mol. The summed E-state index contributed by atoms with van der Waals surface area (Å²) in [4.78, 5) is 22.5. The van der Waals surface area contributed by atoms with Crippen LogP contribution in [0.1, 0.15) is 66.2 Å². The molecule has 0 aromatic heterocycles. The highest BCUT2D eigenvalue weighted by atomic mass is 16.6. The Bertz CT molecular complexity index is 354. The van der Waals surface area contributed by atoms with Gasteiger partial charge in [-0.2, -0.15) is 0 Å². The lowest BCUT2D eigenvalue weighted by molar-refractivity contribution is -0.141. The number of alkyl carbamates (subject to hydrolysis) is 1. The molecule has 0 aliphatic heterocycles. The zero-order valence-electron chi connectivity index (χ0n) is 13.6. The van der Waals surface area contributed by atoms with Gasteiger partial charge in [0.25, 0.3) is 0 Å². The van der Waals surface area contributed by atoms with E-state index in [-0.39, 0.29) is 18.1 Å². The number of carboxylic acids is 1. The van der Waals surface area contributed by atoms with Crippen LogP contribution < -0.4 is 5.32 Å². The maximum atomic E-state index is 11.7. The molecule has 0 heterocycles. The van der Waals surface area contributed by atoms with E-state index in [9.17, 15) is 9.59 Å². The number of carbonyl (C=O) groups is 2. The van der Waals surface area contributed by atoms with Crippen LogP contribution in [-0.2, 0) is 9.53 Å². The SMILES string of the molecule is CC(CCC1CCC(NC(=O)OC(C)(C)C)CC1)C(=O)O. The number of hydrogen-bond donors (Lipinski definition) is 2. The fourth-order valence-electron chi connectivity index (χ4n) is 2.68. The van der Waals surface area contributed by atoms with Crippen molar-refractivity contribution in [1.82, 2.24) is 5.32 Å². The highest BCUT2D eigenvalue weighted by Crippen LogP contribution is 2.29. The van der Waals surface area contributed by atoms with Crippen molar-refractivity contribution in [3.8, 4) is 0 Å². The van der Waals surface area contributed by atoms with E-state index in [1.54, 1.807) is 6.92 Å². The summed E-state index contributed by atoms with van der Waals surface area (Å²) in [5.41, 5.74) is -0.464. The third-order valence-corrected chi connectivity index (χ3v) is 4.00. The number of ether oxygens (including phenoxy) is 1. The molecule has 1 rings (SSSR count). The van der Waals surface area contributed by atoms with Gasteiger partial charge in [0.05, 0.1) is 5.92 Å². The maximum Gasteiger partial charge on any atom is 0.407 e. The highest BCUT2D eigenvalue weighted by Gasteiger charge is 2.25. The van der Waals surface area contributed by atoms with Gasteiger partial charge < -0.3 is 15.2 Å². The minimum absolute atomic E-state index is 0.188. The Morgan fingerprint density at radius 3 is 2.29 bits per heavy atom. The average Bonchev–Trinajstić information content (AvgIpc) is 2.35. The van der Waals surface area contributed by atoms with Gasteiger partial charge in [0, 0.05) is 6.04 Å². The van der Waals surface area contributed by atoms with Crippen LogP contribution in [0, 0.1) is 11.8 Å². The van der Waals surface area contributed by atoms with E-state index in [4.69, 9.17) is 9.84 Å². The Kier molecular flexibility index (Phi) is 6.49. The lowest BCUT2D eigenvalue weighted by Crippen LogP contribution is -2.40. The molecule has 0 saturated heterocycles. The van der Waals surface area contributed by atoms with Gasteiger partial charge >= 0.3 is 12.1 Å². The molecule has 1 aliphatic rings. The quantitative estimate of drug-likeness (QED) is 0.813. The summed E-state index contributed by atoms with van der Waals surface area (Å²) >= 11 is 0. The Morgan fingerprint density at radius 2 is 1.81 bits per heavy atom. The minimum Gasteiger partial charge on any atom is -0.481 e. The number of carbonyl (C=O) groups excluding carboxylic acids is 1. The molecule has 1 unspecified atom stereocenters. The lowest BCUT2D eigenvalue weighted by atomic mass is 9.82. The van der Waals surface area contributed by atoms with Crippen molar-refractivity contribution in [1.29, 1.82) is 0 Å². The molecular formula is C16H29NO4. The summed E-state index contributed by atoms with van der Waals surface area (Å²) in [6, 6.07) is 0.188. The van der Waals surface area contributed by atoms with Gasteiger partial charge in [0.15, 0.2) is 0 Å². The molecule has 1 amide bonds. The molecule has 1 aliphatic carbocycles. The normalized spacial score (nSPS) is 24.2. The van der Waals surface area contributed by atoms with Crippen molar-refractivity contribution in [3.05, 3.63) is 0 Å². The first kappa shape index (κ1) is 17.8. The van der Waals surface area contributed by atoms with E-state index in [0.717, 1.165) is 38.5 Å². The van der Waals surface area contributed by atoms with Crippen molar-refractivity contribution < 1.29 is 19.4 Å². The summed E-state index contributed by atoms with van der Waals surface area (Å²) in [5, 5.41) is 11.8. The van der Waals surface area contributed by atoms with E-state index < -0.39 is 11.6 Å². The molecule has 2 N–H and O–H groups in total. The molecular weight excluding hydrogens is 270 g/mol. The Labute approximate surface area is 127 Å². The largest absolute Gasteiger partial charge is 0.481 e. The van der Waals surface area contributed by atoms with Crippen LogP contribution in [0.25, 0.3) is 0 Å². The first-order valence-electron chi connectivity index (χ1n) is 7.89. The molecule has 1 atom stereocenters. The predicted molar refractivity (Wildman–Crippen MR) is 81.1 cm³/mol. The van der Waals surface area contributed by atoms with Crippen molar-refractivity contribution in [2.75, 3.05) is 0 Å². The van der Waals surface area contributed by atoms with Crippen molar-refractivity contribution in [3.63, 3.8) is 0 Å². The standard InChI is InChI=1S/C16H29NO4/c1-11(14(18)19)5-6-12-7-9-13(10-8-12)17-15(20)21-16(2,3)4/h11-13H,5-10H2,1-4H3,(H,17,20)(H,18,19). The summed E-state index contributed by atoms with van der Waals surface area (Å²) in [7, 11) is 0. The summed E-state index contributed by atoms with van der Waals surface area (Å²) in [5.74, 6) is -0.388. The zero-order chi connectivity index (χ0) is 16.0. The van der Waals surface area contributed by atoms with Gasteiger partial charge in [-0.15, -0.1) is 0 Å². The lowest BCUT2D eigenvalue weighted by Gasteiger charge is -2.30. The van der Waals surface area contributed by atoms with Crippen LogP contribution in [0.4, 0.5) is 4.79 Å². The van der Waals surface area contributed by atoms with Gasteiger partial charge in [-0.3, -0.25) is 4.79 Å². The first-order chi connectivity index (χ1) is 9.67. The van der Waals surface area contributed by atoms with Crippen LogP contribution >= 0.6 is 0 Å². The molecule has 5 nitrogen and oxygen atoms in total. The van der Waals surface area contributed by atoms with E-state index in [1.807, 2.05) is 20.8 Å². The molecule has 21 heavy (non-hydrogen) atoms. The van der Waals surface area contributed by atoms with Crippen LogP contribution in [0.3, 0.4) is 0 Å². The Balaban J connectivity index is 2.23. The smallest absolute Gasteiger partial charge is 0.407 e. The molecule has 122 valence electrons. The maximum absolute atomic E-state index is 11.7. The fourth-order valence-corrected chi connectivity index (χ4v) is 2.68. The van der Waals surface area contributed by atoms with Crippen LogP contribution in [0.15, 0.2) is 0 Å². The third-order valence-electron chi connectivity index (χ3n) is 4.00. The molecule has 5 heteroatoms. The van der Waals surface area contributed by atoms with Gasteiger partial charge in [0.2, 0.25) is 0 Å². The number of amides is 1. The van der Waals surface area contributed by atoms with E-state index >= 15 is 0 Å². The predicted octanol–water partition coefficient (Wildman–Crippen LogP) is 3.57. The number of nitrogens with one attached hydrogen (secondary N) is 1. The summed E-state index contributed by atoms with van der Waals surface area (Å²) < 4.78 is 5.26. The molecule has 0 bridgehead atoms. The number of carboxylic acid groups (broad SMARTS) is 1. The number of rotatable bonds is 5. The van der Waals surface area contributed by atoms with Crippen molar-refractivity contribution in [2.45, 2.75) is 77.9 Å². The second-order valence-corrected chi connectivity index (χ2v) is 7.18. The first-order valence-corrected chi connectivity index (χ1v) is 7.89. The molecule has 0 radical (unpaired) electrons. The van der Waals surface area contributed by atoms with Crippen LogP contribution in [0.2, 0.25) is 0 Å². The number of aliphatic carboxylic acids is 1. The van der Waals surface area contributed by atoms with Gasteiger partial charge in [-0.1, -0.05) is 6.92 Å². The second kappa shape index (κ2) is 7.66. The van der Waals surface area contributed by atoms with Gasteiger partial charge in [-0.25, -0.2) is 4.79 Å².